The maximum atomic E-state index is 12.3. The van der Waals surface area contributed by atoms with E-state index in [1.165, 1.54) is 5.56 Å². The lowest BCUT2D eigenvalue weighted by Gasteiger charge is -2.37. The average molecular weight is 300 g/mol. The standard InChI is InChI=1S/C19H24O3/c1-11-8-15(20)17-16(11)14(12(2)18-19(17)22-18)10-21-9-13-6-4-3-5-7-13/h3-7,11-12,14,16-19H,8-10H2,1-2H3/t11-,12-,14-,16-,17-,18-,19+/m0/s1. The Balaban J connectivity index is 1.44. The second-order valence-electron chi connectivity index (χ2n) is 7.34. The van der Waals surface area contributed by atoms with Crippen LogP contribution in [0.15, 0.2) is 30.3 Å². The Bertz CT molecular complexity index is 555. The van der Waals surface area contributed by atoms with Gasteiger partial charge in [0, 0.05) is 12.3 Å². The van der Waals surface area contributed by atoms with Gasteiger partial charge in [-0.2, -0.15) is 0 Å². The van der Waals surface area contributed by atoms with Gasteiger partial charge in [0.25, 0.3) is 0 Å². The van der Waals surface area contributed by atoms with Crippen LogP contribution < -0.4 is 0 Å². The van der Waals surface area contributed by atoms with Crippen molar-refractivity contribution in [3.63, 3.8) is 0 Å². The van der Waals surface area contributed by atoms with Crippen molar-refractivity contribution in [2.75, 3.05) is 6.61 Å². The molecule has 3 aliphatic rings. The molecule has 22 heavy (non-hydrogen) atoms. The molecule has 0 aromatic heterocycles. The van der Waals surface area contributed by atoms with Crippen LogP contribution in [-0.2, 0) is 20.9 Å². The van der Waals surface area contributed by atoms with Crippen LogP contribution in [0.4, 0.5) is 0 Å². The Hall–Kier alpha value is -1.19. The minimum Gasteiger partial charge on any atom is -0.376 e. The van der Waals surface area contributed by atoms with Crippen LogP contribution in [0.2, 0.25) is 0 Å². The van der Waals surface area contributed by atoms with E-state index in [2.05, 4.69) is 26.0 Å². The zero-order chi connectivity index (χ0) is 15.3. The van der Waals surface area contributed by atoms with Crippen molar-refractivity contribution in [2.45, 2.75) is 39.1 Å². The Morgan fingerprint density at radius 2 is 1.95 bits per heavy atom. The lowest BCUT2D eigenvalue weighted by atomic mass is 9.66. The highest BCUT2D eigenvalue weighted by atomic mass is 16.6. The van der Waals surface area contributed by atoms with Crippen LogP contribution in [0.25, 0.3) is 0 Å². The fourth-order valence-corrected chi connectivity index (χ4v) is 4.84. The van der Waals surface area contributed by atoms with E-state index in [-0.39, 0.29) is 12.0 Å². The van der Waals surface area contributed by atoms with E-state index in [1.807, 2.05) is 18.2 Å². The van der Waals surface area contributed by atoms with Crippen LogP contribution in [0, 0.1) is 29.6 Å². The molecular formula is C19H24O3. The molecule has 118 valence electrons. The van der Waals surface area contributed by atoms with E-state index in [4.69, 9.17) is 9.47 Å². The van der Waals surface area contributed by atoms with Crippen molar-refractivity contribution >= 4 is 5.78 Å². The third kappa shape index (κ3) is 2.31. The molecule has 1 aromatic carbocycles. The van der Waals surface area contributed by atoms with Gasteiger partial charge in [0.05, 0.1) is 25.4 Å². The van der Waals surface area contributed by atoms with Crippen molar-refractivity contribution in [2.24, 2.45) is 29.6 Å². The summed E-state index contributed by atoms with van der Waals surface area (Å²) in [4.78, 5) is 12.3. The first kappa shape index (κ1) is 14.4. The molecule has 1 saturated heterocycles. The minimum atomic E-state index is 0.140. The van der Waals surface area contributed by atoms with Crippen molar-refractivity contribution in [1.82, 2.24) is 0 Å². The summed E-state index contributed by atoms with van der Waals surface area (Å²) in [6, 6.07) is 10.3. The number of fused-ring (bicyclic) bond motifs is 3. The molecule has 0 bridgehead atoms. The topological polar surface area (TPSA) is 38.8 Å². The molecule has 3 heteroatoms. The molecule has 2 saturated carbocycles. The molecule has 3 nitrogen and oxygen atoms in total. The maximum absolute atomic E-state index is 12.3. The van der Waals surface area contributed by atoms with Gasteiger partial charge in [-0.05, 0) is 29.2 Å². The second-order valence-corrected chi connectivity index (χ2v) is 7.34. The highest BCUT2D eigenvalue weighted by Gasteiger charge is 2.64. The van der Waals surface area contributed by atoms with Gasteiger partial charge >= 0.3 is 0 Å². The quantitative estimate of drug-likeness (QED) is 0.802. The molecule has 1 aromatic rings. The number of hydrogen-bond donors (Lipinski definition) is 0. The zero-order valence-corrected chi connectivity index (χ0v) is 13.3. The number of hydrogen-bond acceptors (Lipinski definition) is 3. The number of rotatable bonds is 4. The highest BCUT2D eigenvalue weighted by molar-refractivity contribution is 5.85. The number of ketones is 1. The van der Waals surface area contributed by atoms with E-state index >= 15 is 0 Å². The van der Waals surface area contributed by atoms with Crippen LogP contribution in [0.3, 0.4) is 0 Å². The van der Waals surface area contributed by atoms with Gasteiger partial charge in [0.1, 0.15) is 5.78 Å². The number of benzene rings is 1. The van der Waals surface area contributed by atoms with E-state index in [0.29, 0.717) is 42.2 Å². The van der Waals surface area contributed by atoms with E-state index in [9.17, 15) is 4.79 Å². The summed E-state index contributed by atoms with van der Waals surface area (Å²) in [6.45, 7) is 5.88. The van der Waals surface area contributed by atoms with Crippen molar-refractivity contribution in [3.8, 4) is 0 Å². The van der Waals surface area contributed by atoms with Crippen LogP contribution in [0.1, 0.15) is 25.8 Å². The van der Waals surface area contributed by atoms with E-state index in [0.717, 1.165) is 13.0 Å². The summed E-state index contributed by atoms with van der Waals surface area (Å²) in [6.07, 6.45) is 1.23. The fraction of sp³-hybridized carbons (Fsp3) is 0.632. The monoisotopic (exact) mass is 300 g/mol. The maximum Gasteiger partial charge on any atom is 0.139 e. The average Bonchev–Trinajstić information content (AvgIpc) is 3.25. The predicted molar refractivity (Wildman–Crippen MR) is 83.2 cm³/mol. The minimum absolute atomic E-state index is 0.140. The lowest BCUT2D eigenvalue weighted by Crippen LogP contribution is -2.42. The Morgan fingerprint density at radius 1 is 1.18 bits per heavy atom. The first-order chi connectivity index (χ1) is 10.7. The molecule has 2 aliphatic carbocycles. The van der Waals surface area contributed by atoms with Gasteiger partial charge in [0.15, 0.2) is 0 Å². The molecule has 7 atom stereocenters. The molecule has 4 rings (SSSR count). The third-order valence-corrected chi connectivity index (χ3v) is 5.99. The fourth-order valence-electron chi connectivity index (χ4n) is 4.84. The smallest absolute Gasteiger partial charge is 0.139 e. The van der Waals surface area contributed by atoms with Gasteiger partial charge < -0.3 is 9.47 Å². The molecule has 0 amide bonds. The van der Waals surface area contributed by atoms with E-state index < -0.39 is 0 Å². The first-order valence-electron chi connectivity index (χ1n) is 8.46. The second kappa shape index (κ2) is 5.47. The van der Waals surface area contributed by atoms with Gasteiger partial charge in [-0.3, -0.25) is 4.79 Å². The van der Waals surface area contributed by atoms with Crippen molar-refractivity contribution in [1.29, 1.82) is 0 Å². The molecule has 1 heterocycles. The van der Waals surface area contributed by atoms with Crippen LogP contribution in [0.5, 0.6) is 0 Å². The number of carbonyl (C=O) groups is 1. The number of carbonyl (C=O) groups excluding carboxylic acids is 1. The molecule has 0 spiro atoms. The normalized spacial score (nSPS) is 42.8. The van der Waals surface area contributed by atoms with Crippen LogP contribution in [-0.4, -0.2) is 24.6 Å². The Kier molecular flexibility index (Phi) is 3.58. The molecule has 0 unspecified atom stereocenters. The predicted octanol–water partition coefficient (Wildman–Crippen LogP) is 3.08. The van der Waals surface area contributed by atoms with Gasteiger partial charge in [-0.1, -0.05) is 44.2 Å². The zero-order valence-electron chi connectivity index (χ0n) is 13.3. The third-order valence-electron chi connectivity index (χ3n) is 5.99. The summed E-state index contributed by atoms with van der Waals surface area (Å²) in [5.41, 5.74) is 1.21. The Labute approximate surface area is 132 Å². The van der Waals surface area contributed by atoms with Gasteiger partial charge in [0.2, 0.25) is 0 Å². The lowest BCUT2D eigenvalue weighted by molar-refractivity contribution is -0.122. The van der Waals surface area contributed by atoms with Crippen molar-refractivity contribution < 1.29 is 14.3 Å². The first-order valence-corrected chi connectivity index (χ1v) is 8.46. The number of ether oxygens (including phenoxy) is 2. The number of epoxide rings is 1. The summed E-state index contributed by atoms with van der Waals surface area (Å²) in [7, 11) is 0. The molecule has 1 aliphatic heterocycles. The molecular weight excluding hydrogens is 276 g/mol. The molecule has 0 radical (unpaired) electrons. The summed E-state index contributed by atoms with van der Waals surface area (Å²) in [5.74, 6) is 2.42. The highest BCUT2D eigenvalue weighted by Crippen LogP contribution is 2.56. The van der Waals surface area contributed by atoms with Gasteiger partial charge in [-0.15, -0.1) is 0 Å². The largest absolute Gasteiger partial charge is 0.376 e. The SMILES string of the molecule is C[C@H]1[C@H](COCc2ccccc2)[C@H]2[C@H](C(=O)C[C@@H]2C)[C@H]2O[C@@H]12. The van der Waals surface area contributed by atoms with Crippen molar-refractivity contribution in [3.05, 3.63) is 35.9 Å². The molecule has 3 fully saturated rings. The summed E-state index contributed by atoms with van der Waals surface area (Å²) in [5, 5.41) is 0. The summed E-state index contributed by atoms with van der Waals surface area (Å²) < 4.78 is 11.9. The number of Topliss-reactive ketones (excluding diaryl/α,β-unsaturated/α-hetero) is 1. The summed E-state index contributed by atoms with van der Waals surface area (Å²) >= 11 is 0. The molecule has 0 N–H and O–H groups in total. The van der Waals surface area contributed by atoms with E-state index in [1.54, 1.807) is 0 Å². The Morgan fingerprint density at radius 3 is 2.73 bits per heavy atom. The van der Waals surface area contributed by atoms with Crippen LogP contribution >= 0.6 is 0 Å². The van der Waals surface area contributed by atoms with Gasteiger partial charge in [-0.25, -0.2) is 0 Å².